The van der Waals surface area contributed by atoms with Crippen molar-refractivity contribution in [3.05, 3.63) is 16.0 Å². The van der Waals surface area contributed by atoms with E-state index < -0.39 is 0 Å². The lowest BCUT2D eigenvalue weighted by molar-refractivity contribution is 0.205. The molecule has 82 valence electrons. The number of ether oxygens (including phenoxy) is 1. The minimum Gasteiger partial charge on any atom is -0.462 e. The average Bonchev–Trinajstić information content (AvgIpc) is 2.65. The SMILES string of the molecule is NC1(COc2ncc(I)cn2)CCCC1. The Kier molecular flexibility index (Phi) is 3.40. The fourth-order valence-corrected chi connectivity index (χ4v) is 2.09. The fourth-order valence-electron chi connectivity index (χ4n) is 1.81. The zero-order chi connectivity index (χ0) is 10.7. The third kappa shape index (κ3) is 3.01. The molecule has 4 nitrogen and oxygen atoms in total. The van der Waals surface area contributed by atoms with E-state index in [9.17, 15) is 0 Å². The van der Waals surface area contributed by atoms with Crippen LogP contribution in [0.15, 0.2) is 12.4 Å². The number of halogens is 1. The molecule has 0 radical (unpaired) electrons. The van der Waals surface area contributed by atoms with Crippen LogP contribution in [-0.2, 0) is 0 Å². The van der Waals surface area contributed by atoms with Gasteiger partial charge in [-0.1, -0.05) is 12.8 Å². The Morgan fingerprint density at radius 1 is 1.33 bits per heavy atom. The van der Waals surface area contributed by atoms with Gasteiger partial charge in [-0.25, -0.2) is 9.97 Å². The summed E-state index contributed by atoms with van der Waals surface area (Å²) < 4.78 is 6.50. The summed E-state index contributed by atoms with van der Waals surface area (Å²) in [7, 11) is 0. The molecule has 1 heterocycles. The maximum atomic E-state index is 6.15. The molecule has 1 aliphatic carbocycles. The Bertz CT molecular complexity index is 322. The molecule has 0 saturated heterocycles. The predicted octanol–water partition coefficient (Wildman–Crippen LogP) is 1.73. The van der Waals surface area contributed by atoms with E-state index in [1.807, 2.05) is 0 Å². The molecule has 0 bridgehead atoms. The highest BCUT2D eigenvalue weighted by molar-refractivity contribution is 14.1. The maximum Gasteiger partial charge on any atom is 0.316 e. The Morgan fingerprint density at radius 3 is 2.53 bits per heavy atom. The summed E-state index contributed by atoms with van der Waals surface area (Å²) in [4.78, 5) is 8.15. The standard InChI is InChI=1S/C10H14IN3O/c11-8-5-13-9(14-6-8)15-7-10(12)3-1-2-4-10/h5-6H,1-4,7,12H2. The molecule has 0 aromatic carbocycles. The first kappa shape index (κ1) is 11.1. The van der Waals surface area contributed by atoms with Crippen molar-refractivity contribution in [1.82, 2.24) is 9.97 Å². The van der Waals surface area contributed by atoms with E-state index in [1.54, 1.807) is 12.4 Å². The van der Waals surface area contributed by atoms with Crippen molar-refractivity contribution in [1.29, 1.82) is 0 Å². The quantitative estimate of drug-likeness (QED) is 0.862. The molecule has 0 spiro atoms. The van der Waals surface area contributed by atoms with Crippen molar-refractivity contribution < 1.29 is 4.74 Å². The van der Waals surface area contributed by atoms with E-state index in [-0.39, 0.29) is 5.54 Å². The van der Waals surface area contributed by atoms with Gasteiger partial charge in [0.05, 0.1) is 5.54 Å². The lowest BCUT2D eigenvalue weighted by Gasteiger charge is -2.22. The molecule has 2 N–H and O–H groups in total. The molecular formula is C10H14IN3O. The molecule has 0 unspecified atom stereocenters. The van der Waals surface area contributed by atoms with Crippen LogP contribution in [0.5, 0.6) is 6.01 Å². The second kappa shape index (κ2) is 4.61. The Hall–Kier alpha value is -0.430. The van der Waals surface area contributed by atoms with E-state index in [0.29, 0.717) is 12.6 Å². The average molecular weight is 319 g/mol. The molecule has 5 heteroatoms. The minimum atomic E-state index is -0.160. The molecule has 1 aliphatic rings. The lowest BCUT2D eigenvalue weighted by atomic mass is 10.0. The number of nitrogens with zero attached hydrogens (tertiary/aromatic N) is 2. The Morgan fingerprint density at radius 2 is 1.93 bits per heavy atom. The van der Waals surface area contributed by atoms with Crippen LogP contribution < -0.4 is 10.5 Å². The van der Waals surface area contributed by atoms with Gasteiger partial charge in [0, 0.05) is 16.0 Å². The zero-order valence-corrected chi connectivity index (χ0v) is 10.6. The highest BCUT2D eigenvalue weighted by Gasteiger charge is 2.30. The molecular weight excluding hydrogens is 305 g/mol. The van der Waals surface area contributed by atoms with Crippen LogP contribution in [0.2, 0.25) is 0 Å². The van der Waals surface area contributed by atoms with E-state index in [2.05, 4.69) is 32.6 Å². The van der Waals surface area contributed by atoms with Gasteiger partial charge in [-0.3, -0.25) is 0 Å². The van der Waals surface area contributed by atoms with Gasteiger partial charge < -0.3 is 10.5 Å². The topological polar surface area (TPSA) is 61.0 Å². The largest absolute Gasteiger partial charge is 0.462 e. The van der Waals surface area contributed by atoms with E-state index in [1.165, 1.54) is 12.8 Å². The van der Waals surface area contributed by atoms with Crippen LogP contribution >= 0.6 is 22.6 Å². The van der Waals surface area contributed by atoms with Crippen LogP contribution in [0.25, 0.3) is 0 Å². The maximum absolute atomic E-state index is 6.15. The van der Waals surface area contributed by atoms with E-state index in [0.717, 1.165) is 16.4 Å². The van der Waals surface area contributed by atoms with Crippen LogP contribution in [0.4, 0.5) is 0 Å². The molecule has 0 aliphatic heterocycles. The molecule has 1 aromatic heterocycles. The van der Waals surface area contributed by atoms with Crippen molar-refractivity contribution in [2.75, 3.05) is 6.61 Å². The number of rotatable bonds is 3. The van der Waals surface area contributed by atoms with Gasteiger partial charge in [-0.2, -0.15) is 0 Å². The third-order valence-electron chi connectivity index (χ3n) is 2.68. The van der Waals surface area contributed by atoms with Crippen LogP contribution in [0.3, 0.4) is 0 Å². The lowest BCUT2D eigenvalue weighted by Crippen LogP contribution is -2.42. The van der Waals surface area contributed by atoms with E-state index in [4.69, 9.17) is 10.5 Å². The molecule has 0 atom stereocenters. The molecule has 0 amide bonds. The van der Waals surface area contributed by atoms with Gasteiger partial charge in [-0.05, 0) is 35.4 Å². The van der Waals surface area contributed by atoms with Crippen molar-refractivity contribution in [3.63, 3.8) is 0 Å². The normalized spacial score (nSPS) is 19.1. The molecule has 1 aromatic rings. The van der Waals surface area contributed by atoms with Gasteiger partial charge in [-0.15, -0.1) is 0 Å². The molecule has 1 fully saturated rings. The van der Waals surface area contributed by atoms with Crippen molar-refractivity contribution >= 4 is 22.6 Å². The summed E-state index contributed by atoms with van der Waals surface area (Å²) in [6, 6.07) is 0.423. The third-order valence-corrected chi connectivity index (χ3v) is 3.24. The first-order chi connectivity index (χ1) is 7.18. The van der Waals surface area contributed by atoms with Crippen molar-refractivity contribution in [3.8, 4) is 6.01 Å². The predicted molar refractivity (Wildman–Crippen MR) is 65.6 cm³/mol. The van der Waals surface area contributed by atoms with Crippen LogP contribution in [0, 0.1) is 3.57 Å². The number of aromatic nitrogens is 2. The summed E-state index contributed by atoms with van der Waals surface area (Å²) in [6.07, 6.45) is 7.96. The monoisotopic (exact) mass is 319 g/mol. The highest BCUT2D eigenvalue weighted by Crippen LogP contribution is 2.27. The minimum absolute atomic E-state index is 0.160. The number of hydrogen-bond donors (Lipinski definition) is 1. The number of nitrogens with two attached hydrogens (primary N) is 1. The van der Waals surface area contributed by atoms with Crippen molar-refractivity contribution in [2.45, 2.75) is 31.2 Å². The van der Waals surface area contributed by atoms with Gasteiger partial charge in [0.1, 0.15) is 6.61 Å². The fraction of sp³-hybridized carbons (Fsp3) is 0.600. The first-order valence-electron chi connectivity index (χ1n) is 5.07. The van der Waals surface area contributed by atoms with Crippen LogP contribution in [0.1, 0.15) is 25.7 Å². The summed E-state index contributed by atoms with van der Waals surface area (Å²) in [6.45, 7) is 0.521. The molecule has 15 heavy (non-hydrogen) atoms. The van der Waals surface area contributed by atoms with E-state index >= 15 is 0 Å². The second-order valence-corrected chi connectivity index (χ2v) is 5.29. The number of hydrogen-bond acceptors (Lipinski definition) is 4. The summed E-state index contributed by atoms with van der Waals surface area (Å²) in [5.74, 6) is 0. The smallest absolute Gasteiger partial charge is 0.316 e. The summed E-state index contributed by atoms with van der Waals surface area (Å²) in [5.41, 5.74) is 5.99. The van der Waals surface area contributed by atoms with Gasteiger partial charge >= 0.3 is 6.01 Å². The Balaban J connectivity index is 1.90. The summed E-state index contributed by atoms with van der Waals surface area (Å²) in [5, 5.41) is 0. The van der Waals surface area contributed by atoms with Crippen molar-refractivity contribution in [2.24, 2.45) is 5.73 Å². The molecule has 2 rings (SSSR count). The second-order valence-electron chi connectivity index (χ2n) is 4.04. The van der Waals surface area contributed by atoms with Gasteiger partial charge in [0.15, 0.2) is 0 Å². The Labute approximate surface area is 103 Å². The van der Waals surface area contributed by atoms with Crippen LogP contribution in [-0.4, -0.2) is 22.1 Å². The summed E-state index contributed by atoms with van der Waals surface area (Å²) >= 11 is 2.16. The highest BCUT2D eigenvalue weighted by atomic mass is 127. The first-order valence-corrected chi connectivity index (χ1v) is 6.15. The van der Waals surface area contributed by atoms with Gasteiger partial charge in [0.2, 0.25) is 0 Å². The van der Waals surface area contributed by atoms with Gasteiger partial charge in [0.25, 0.3) is 0 Å². The molecule has 1 saturated carbocycles. The zero-order valence-electron chi connectivity index (χ0n) is 8.45.